The maximum Gasteiger partial charge on any atom is 0.251 e. The van der Waals surface area contributed by atoms with E-state index in [1.165, 1.54) is 0 Å². The number of hydrogen-bond acceptors (Lipinski definition) is 4. The number of rotatable bonds is 8. The highest BCUT2D eigenvalue weighted by Crippen LogP contribution is 2.20. The summed E-state index contributed by atoms with van der Waals surface area (Å²) in [6, 6.07) is 9.38. The molecule has 2 amide bonds. The van der Waals surface area contributed by atoms with Gasteiger partial charge in [-0.1, -0.05) is 0 Å². The number of aryl methyl sites for hydroxylation is 2. The first-order valence-electron chi connectivity index (χ1n) is 9.58. The highest BCUT2D eigenvalue weighted by molar-refractivity contribution is 5.96. The summed E-state index contributed by atoms with van der Waals surface area (Å²) in [4.78, 5) is 24.3. The summed E-state index contributed by atoms with van der Waals surface area (Å²) < 4.78 is 1.83. The number of aromatic nitrogens is 2. The van der Waals surface area contributed by atoms with Crippen LogP contribution >= 0.6 is 0 Å². The van der Waals surface area contributed by atoms with Gasteiger partial charge < -0.3 is 10.6 Å². The summed E-state index contributed by atoms with van der Waals surface area (Å²) in [5.41, 5.74) is 4.23. The second-order valence-electron chi connectivity index (χ2n) is 7.15. The van der Waals surface area contributed by atoms with Crippen LogP contribution < -0.4 is 10.6 Å². The van der Waals surface area contributed by atoms with Crippen LogP contribution in [0.5, 0.6) is 0 Å². The molecular weight excluding hydrogens is 354 g/mol. The Morgan fingerprint density at radius 2 is 1.96 bits per heavy atom. The standard InChI is InChI=1S/C21H25N5O2/c1-14-19(15(2)26(25-14)13-3-12-22)10-11-20(27)23-17-6-4-16(5-7-17)21(28)24-18-8-9-18/h4-7,18H,3,8-11,13H2,1-2H3,(H,23,27)(H,24,28). The van der Waals surface area contributed by atoms with Crippen molar-refractivity contribution in [3.63, 3.8) is 0 Å². The SMILES string of the molecule is Cc1nn(CCC#N)c(C)c1CCC(=O)Nc1ccc(C(=O)NC2CC2)cc1. The molecule has 1 saturated carbocycles. The predicted octanol–water partition coefficient (Wildman–Crippen LogP) is 2.88. The Bertz CT molecular complexity index is 904. The van der Waals surface area contributed by atoms with Crippen LogP contribution in [-0.2, 0) is 17.8 Å². The number of nitrogens with zero attached hydrogens (tertiary/aromatic N) is 3. The first-order chi connectivity index (χ1) is 13.5. The van der Waals surface area contributed by atoms with Crippen LogP contribution in [0.4, 0.5) is 5.69 Å². The van der Waals surface area contributed by atoms with Crippen LogP contribution in [0.3, 0.4) is 0 Å². The largest absolute Gasteiger partial charge is 0.349 e. The highest BCUT2D eigenvalue weighted by Gasteiger charge is 2.23. The number of hydrogen-bond donors (Lipinski definition) is 2. The molecule has 2 aromatic rings. The van der Waals surface area contributed by atoms with E-state index in [-0.39, 0.29) is 11.8 Å². The molecule has 1 aliphatic carbocycles. The fourth-order valence-electron chi connectivity index (χ4n) is 3.13. The van der Waals surface area contributed by atoms with Crippen LogP contribution in [0.15, 0.2) is 24.3 Å². The Kier molecular flexibility index (Phi) is 6.09. The van der Waals surface area contributed by atoms with Gasteiger partial charge in [-0.3, -0.25) is 14.3 Å². The lowest BCUT2D eigenvalue weighted by Gasteiger charge is -2.08. The molecule has 0 unspecified atom stereocenters. The smallest absolute Gasteiger partial charge is 0.251 e. The summed E-state index contributed by atoms with van der Waals surface area (Å²) in [5, 5.41) is 19.0. The number of carbonyl (C=O) groups excluding carboxylic acids is 2. The molecule has 146 valence electrons. The van der Waals surface area contributed by atoms with Crippen LogP contribution in [-0.4, -0.2) is 27.6 Å². The molecule has 0 aliphatic heterocycles. The van der Waals surface area contributed by atoms with Gasteiger partial charge in [0.1, 0.15) is 0 Å². The number of carbonyl (C=O) groups is 2. The van der Waals surface area contributed by atoms with Gasteiger partial charge in [0, 0.05) is 29.4 Å². The Hall–Kier alpha value is -3.14. The fraction of sp³-hybridized carbons (Fsp3) is 0.429. The maximum atomic E-state index is 12.3. The molecule has 1 aromatic carbocycles. The zero-order valence-corrected chi connectivity index (χ0v) is 16.3. The van der Waals surface area contributed by atoms with E-state index in [1.807, 2.05) is 18.5 Å². The molecule has 28 heavy (non-hydrogen) atoms. The van der Waals surface area contributed by atoms with E-state index in [9.17, 15) is 9.59 Å². The topological polar surface area (TPSA) is 99.8 Å². The lowest BCUT2D eigenvalue weighted by atomic mass is 10.1. The summed E-state index contributed by atoms with van der Waals surface area (Å²) in [7, 11) is 0. The predicted molar refractivity (Wildman–Crippen MR) is 106 cm³/mol. The van der Waals surface area contributed by atoms with E-state index in [1.54, 1.807) is 24.3 Å². The van der Waals surface area contributed by atoms with Gasteiger partial charge in [-0.2, -0.15) is 10.4 Å². The number of nitrogens with one attached hydrogen (secondary N) is 2. The van der Waals surface area contributed by atoms with Gasteiger partial charge in [-0.15, -0.1) is 0 Å². The van der Waals surface area contributed by atoms with Crippen molar-refractivity contribution in [1.29, 1.82) is 5.26 Å². The molecule has 1 aliphatic rings. The molecular formula is C21H25N5O2. The zero-order valence-electron chi connectivity index (χ0n) is 16.3. The van der Waals surface area contributed by atoms with Crippen molar-refractivity contribution in [1.82, 2.24) is 15.1 Å². The third kappa shape index (κ3) is 4.97. The minimum absolute atomic E-state index is 0.0697. The Labute approximate surface area is 164 Å². The highest BCUT2D eigenvalue weighted by atomic mass is 16.2. The van der Waals surface area contributed by atoms with Crippen LogP contribution in [0.25, 0.3) is 0 Å². The Morgan fingerprint density at radius 3 is 2.61 bits per heavy atom. The fourth-order valence-corrected chi connectivity index (χ4v) is 3.13. The second kappa shape index (κ2) is 8.70. The summed E-state index contributed by atoms with van der Waals surface area (Å²) in [6.07, 6.45) is 3.45. The lowest BCUT2D eigenvalue weighted by molar-refractivity contribution is -0.116. The Morgan fingerprint density at radius 1 is 1.25 bits per heavy atom. The van der Waals surface area contributed by atoms with E-state index in [0.29, 0.717) is 43.1 Å². The van der Waals surface area contributed by atoms with Gasteiger partial charge in [0.15, 0.2) is 0 Å². The van der Waals surface area contributed by atoms with Crippen molar-refractivity contribution in [2.24, 2.45) is 0 Å². The molecule has 2 N–H and O–H groups in total. The third-order valence-corrected chi connectivity index (χ3v) is 4.91. The molecule has 1 heterocycles. The van der Waals surface area contributed by atoms with Crippen molar-refractivity contribution in [3.8, 4) is 6.07 Å². The van der Waals surface area contributed by atoms with E-state index < -0.39 is 0 Å². The number of benzene rings is 1. The third-order valence-electron chi connectivity index (χ3n) is 4.91. The Balaban J connectivity index is 1.52. The maximum absolute atomic E-state index is 12.3. The van der Waals surface area contributed by atoms with E-state index in [4.69, 9.17) is 5.26 Å². The first kappa shape index (κ1) is 19.6. The van der Waals surface area contributed by atoms with Gasteiger partial charge in [-0.05, 0) is 62.9 Å². The van der Waals surface area contributed by atoms with Gasteiger partial charge in [0.2, 0.25) is 5.91 Å². The normalized spacial score (nSPS) is 13.0. The van der Waals surface area contributed by atoms with Crippen LogP contribution in [0.1, 0.15) is 53.0 Å². The van der Waals surface area contributed by atoms with Crippen molar-refractivity contribution < 1.29 is 9.59 Å². The molecule has 0 atom stereocenters. The monoisotopic (exact) mass is 379 g/mol. The van der Waals surface area contributed by atoms with Gasteiger partial charge in [0.25, 0.3) is 5.91 Å². The molecule has 3 rings (SSSR count). The van der Waals surface area contributed by atoms with Crippen molar-refractivity contribution in [3.05, 3.63) is 46.8 Å². The van der Waals surface area contributed by atoms with Gasteiger partial charge in [0.05, 0.1) is 24.7 Å². The molecule has 7 heteroatoms. The summed E-state index contributed by atoms with van der Waals surface area (Å²) >= 11 is 0. The summed E-state index contributed by atoms with van der Waals surface area (Å²) in [6.45, 7) is 4.46. The first-order valence-corrected chi connectivity index (χ1v) is 9.58. The van der Waals surface area contributed by atoms with Gasteiger partial charge in [-0.25, -0.2) is 0 Å². The van der Waals surface area contributed by atoms with E-state index in [2.05, 4.69) is 21.8 Å². The zero-order chi connectivity index (χ0) is 20.1. The molecule has 0 radical (unpaired) electrons. The average Bonchev–Trinajstić information content (AvgIpc) is 3.44. The lowest BCUT2D eigenvalue weighted by Crippen LogP contribution is -2.25. The van der Waals surface area contributed by atoms with Crippen LogP contribution in [0.2, 0.25) is 0 Å². The van der Waals surface area contributed by atoms with Crippen LogP contribution in [0, 0.1) is 25.2 Å². The average molecular weight is 379 g/mol. The molecule has 7 nitrogen and oxygen atoms in total. The van der Waals surface area contributed by atoms with Gasteiger partial charge >= 0.3 is 0 Å². The number of anilines is 1. The molecule has 0 spiro atoms. The molecule has 1 fully saturated rings. The minimum atomic E-state index is -0.0845. The minimum Gasteiger partial charge on any atom is -0.349 e. The molecule has 0 saturated heterocycles. The van der Waals surface area contributed by atoms with Crippen molar-refractivity contribution >= 4 is 17.5 Å². The van der Waals surface area contributed by atoms with E-state index in [0.717, 1.165) is 29.8 Å². The summed E-state index contributed by atoms with van der Waals surface area (Å²) in [5.74, 6) is -0.154. The molecule has 0 bridgehead atoms. The van der Waals surface area contributed by atoms with Crippen molar-refractivity contribution in [2.75, 3.05) is 5.32 Å². The van der Waals surface area contributed by atoms with E-state index >= 15 is 0 Å². The second-order valence-corrected chi connectivity index (χ2v) is 7.15. The number of amides is 2. The van der Waals surface area contributed by atoms with Crippen molar-refractivity contribution in [2.45, 2.75) is 58.5 Å². The number of nitriles is 1. The molecule has 1 aromatic heterocycles. The quantitative estimate of drug-likeness (QED) is 0.736.